The van der Waals surface area contributed by atoms with Crippen LogP contribution in [0.4, 0.5) is 5.69 Å². The molecule has 0 radical (unpaired) electrons. The number of benzene rings is 3. The van der Waals surface area contributed by atoms with E-state index in [0.29, 0.717) is 32.0 Å². The Morgan fingerprint density at radius 3 is 2.43 bits per heavy atom. The molecule has 1 N–H and O–H groups in total. The second-order valence-corrected chi connectivity index (χ2v) is 9.39. The molecular formula is C27H24N2O4S2. The summed E-state index contributed by atoms with van der Waals surface area (Å²) in [6.07, 6.45) is 1.75. The fourth-order valence-electron chi connectivity index (χ4n) is 3.64. The quantitative estimate of drug-likeness (QED) is 0.315. The van der Waals surface area contributed by atoms with Gasteiger partial charge in [0.15, 0.2) is 6.61 Å². The van der Waals surface area contributed by atoms with E-state index in [1.807, 2.05) is 67.6 Å². The van der Waals surface area contributed by atoms with Gasteiger partial charge in [-0.25, -0.2) is 0 Å². The Bertz CT molecular complexity index is 1280. The van der Waals surface area contributed by atoms with Crippen molar-refractivity contribution in [3.05, 3.63) is 94.9 Å². The summed E-state index contributed by atoms with van der Waals surface area (Å²) in [5.74, 6) is 0.574. The lowest BCUT2D eigenvalue weighted by Gasteiger charge is -2.23. The molecule has 0 aromatic heterocycles. The van der Waals surface area contributed by atoms with Gasteiger partial charge in [-0.2, -0.15) is 0 Å². The molecule has 3 aromatic carbocycles. The number of carbonyl (C=O) groups excluding carboxylic acids is 2. The minimum Gasteiger partial charge on any atom is -0.495 e. The molecule has 4 rings (SSSR count). The Kier molecular flexibility index (Phi) is 7.84. The van der Waals surface area contributed by atoms with Crippen LogP contribution in [-0.4, -0.2) is 34.8 Å². The van der Waals surface area contributed by atoms with Crippen molar-refractivity contribution >= 4 is 51.9 Å². The second kappa shape index (κ2) is 11.2. The lowest BCUT2D eigenvalue weighted by atomic mass is 10.1. The monoisotopic (exact) mass is 504 g/mol. The van der Waals surface area contributed by atoms with Gasteiger partial charge >= 0.3 is 0 Å². The van der Waals surface area contributed by atoms with Crippen LogP contribution in [0, 0.1) is 0 Å². The van der Waals surface area contributed by atoms with Crippen LogP contribution in [-0.2, 0) is 9.59 Å². The number of nitrogens with one attached hydrogen (secondary N) is 1. The van der Waals surface area contributed by atoms with Crippen LogP contribution in [0.5, 0.6) is 11.5 Å². The zero-order valence-electron chi connectivity index (χ0n) is 19.3. The lowest BCUT2D eigenvalue weighted by molar-refractivity contribution is -0.123. The summed E-state index contributed by atoms with van der Waals surface area (Å²) in [7, 11) is 1.54. The van der Waals surface area contributed by atoms with Gasteiger partial charge < -0.3 is 14.8 Å². The van der Waals surface area contributed by atoms with Gasteiger partial charge in [-0.3, -0.25) is 14.5 Å². The van der Waals surface area contributed by atoms with Gasteiger partial charge in [0.05, 0.1) is 23.7 Å². The molecule has 178 valence electrons. The Morgan fingerprint density at radius 1 is 1.03 bits per heavy atom. The molecule has 8 heteroatoms. The normalized spacial score (nSPS) is 15.3. The Morgan fingerprint density at radius 2 is 1.69 bits per heavy atom. The van der Waals surface area contributed by atoms with Crippen molar-refractivity contribution in [2.24, 2.45) is 0 Å². The second-order valence-electron chi connectivity index (χ2n) is 7.71. The van der Waals surface area contributed by atoms with E-state index in [1.165, 1.54) is 11.8 Å². The topological polar surface area (TPSA) is 67.9 Å². The number of carbonyl (C=O) groups is 2. The van der Waals surface area contributed by atoms with E-state index >= 15 is 0 Å². The van der Waals surface area contributed by atoms with Gasteiger partial charge in [0.25, 0.3) is 11.8 Å². The molecule has 1 aliphatic heterocycles. The van der Waals surface area contributed by atoms with Crippen molar-refractivity contribution in [2.75, 3.05) is 19.0 Å². The van der Waals surface area contributed by atoms with Crippen molar-refractivity contribution < 1.29 is 19.1 Å². The number of ether oxygens (including phenoxy) is 2. The van der Waals surface area contributed by atoms with E-state index in [4.69, 9.17) is 21.7 Å². The maximum absolute atomic E-state index is 13.2. The van der Waals surface area contributed by atoms with Crippen molar-refractivity contribution in [3.63, 3.8) is 0 Å². The van der Waals surface area contributed by atoms with Crippen LogP contribution < -0.4 is 14.8 Å². The lowest BCUT2D eigenvalue weighted by Crippen LogP contribution is -2.30. The number of hydrogen-bond donors (Lipinski definition) is 1. The van der Waals surface area contributed by atoms with Gasteiger partial charge in [-0.1, -0.05) is 84.6 Å². The number of methoxy groups -OCH3 is 1. The van der Waals surface area contributed by atoms with Gasteiger partial charge in [0.1, 0.15) is 15.8 Å². The molecular weight excluding hydrogens is 480 g/mol. The summed E-state index contributed by atoms with van der Waals surface area (Å²) in [5.41, 5.74) is 2.26. The van der Waals surface area contributed by atoms with Crippen LogP contribution in [0.1, 0.15) is 24.1 Å². The number of anilines is 1. The minimum absolute atomic E-state index is 0.153. The molecule has 0 aliphatic carbocycles. The SMILES string of the molecule is COc1ccccc1NC(=O)COc1ccccc1/C=C1\SC(=S)N(C(C)c2ccccc2)C1=O. The average molecular weight is 505 g/mol. The molecule has 1 heterocycles. The highest BCUT2D eigenvalue weighted by Gasteiger charge is 2.36. The highest BCUT2D eigenvalue weighted by atomic mass is 32.2. The van der Waals surface area contributed by atoms with E-state index in [0.717, 1.165) is 5.56 Å². The van der Waals surface area contributed by atoms with Crippen molar-refractivity contribution in [1.29, 1.82) is 0 Å². The van der Waals surface area contributed by atoms with E-state index in [2.05, 4.69) is 5.32 Å². The molecule has 1 atom stereocenters. The molecule has 2 amide bonds. The van der Waals surface area contributed by atoms with Crippen LogP contribution >= 0.6 is 24.0 Å². The first-order chi connectivity index (χ1) is 17.0. The third-order valence-corrected chi connectivity index (χ3v) is 6.77. The first kappa shape index (κ1) is 24.5. The van der Waals surface area contributed by atoms with E-state index in [9.17, 15) is 9.59 Å². The van der Waals surface area contributed by atoms with Crippen LogP contribution in [0.25, 0.3) is 6.08 Å². The zero-order valence-corrected chi connectivity index (χ0v) is 20.9. The van der Waals surface area contributed by atoms with Crippen molar-refractivity contribution in [1.82, 2.24) is 4.90 Å². The van der Waals surface area contributed by atoms with Crippen LogP contribution in [0.3, 0.4) is 0 Å². The smallest absolute Gasteiger partial charge is 0.266 e. The number of rotatable bonds is 8. The number of thioether (sulfide) groups is 1. The molecule has 1 fully saturated rings. The van der Waals surface area contributed by atoms with E-state index < -0.39 is 0 Å². The molecule has 0 saturated carbocycles. The molecule has 0 bridgehead atoms. The van der Waals surface area contributed by atoms with E-state index in [-0.39, 0.29) is 24.5 Å². The van der Waals surface area contributed by atoms with Gasteiger partial charge in [0.2, 0.25) is 0 Å². The summed E-state index contributed by atoms with van der Waals surface area (Å²) in [4.78, 5) is 27.8. The Balaban J connectivity index is 1.47. The molecule has 1 aliphatic rings. The molecule has 6 nitrogen and oxygen atoms in total. The summed E-state index contributed by atoms with van der Waals surface area (Å²) < 4.78 is 11.6. The predicted octanol–water partition coefficient (Wildman–Crippen LogP) is 5.68. The highest BCUT2D eigenvalue weighted by molar-refractivity contribution is 8.26. The predicted molar refractivity (Wildman–Crippen MR) is 143 cm³/mol. The molecule has 35 heavy (non-hydrogen) atoms. The number of amides is 2. The Labute approximate surface area is 213 Å². The number of hydrogen-bond acceptors (Lipinski definition) is 6. The summed E-state index contributed by atoms with van der Waals surface area (Å²) >= 11 is 6.78. The van der Waals surface area contributed by atoms with Crippen LogP contribution in [0.15, 0.2) is 83.8 Å². The minimum atomic E-state index is -0.327. The largest absolute Gasteiger partial charge is 0.495 e. The zero-order chi connectivity index (χ0) is 24.8. The van der Waals surface area contributed by atoms with Crippen molar-refractivity contribution in [3.8, 4) is 11.5 Å². The third-order valence-electron chi connectivity index (χ3n) is 5.44. The van der Waals surface area contributed by atoms with Gasteiger partial charge in [0, 0.05) is 5.56 Å². The van der Waals surface area contributed by atoms with Crippen molar-refractivity contribution in [2.45, 2.75) is 13.0 Å². The number of para-hydroxylation sites is 3. The standard InChI is InChI=1S/C27H24N2O4S2/c1-18(19-10-4-3-5-11-19)29-26(31)24(35-27(29)34)16-20-12-6-8-14-22(20)33-17-25(30)28-21-13-7-9-15-23(21)32-2/h3-16,18H,17H2,1-2H3,(H,28,30)/b24-16-. The van der Waals surface area contributed by atoms with E-state index in [1.54, 1.807) is 36.3 Å². The van der Waals surface area contributed by atoms with Gasteiger partial charge in [-0.15, -0.1) is 0 Å². The van der Waals surface area contributed by atoms with Gasteiger partial charge in [-0.05, 0) is 36.8 Å². The molecule has 0 spiro atoms. The first-order valence-corrected chi connectivity index (χ1v) is 12.2. The number of nitrogens with zero attached hydrogens (tertiary/aromatic N) is 1. The fourth-order valence-corrected chi connectivity index (χ4v) is 5.05. The average Bonchev–Trinajstić information content (AvgIpc) is 3.16. The fraction of sp³-hybridized carbons (Fsp3) is 0.148. The summed E-state index contributed by atoms with van der Waals surface area (Å²) in [6, 6.07) is 24.0. The highest BCUT2D eigenvalue weighted by Crippen LogP contribution is 2.38. The first-order valence-electron chi connectivity index (χ1n) is 10.9. The molecule has 1 unspecified atom stereocenters. The Hall–Kier alpha value is -3.62. The summed E-state index contributed by atoms with van der Waals surface area (Å²) in [6.45, 7) is 1.76. The van der Waals surface area contributed by atoms with Crippen LogP contribution in [0.2, 0.25) is 0 Å². The third kappa shape index (κ3) is 5.72. The maximum atomic E-state index is 13.2. The summed E-state index contributed by atoms with van der Waals surface area (Å²) in [5, 5.41) is 2.78. The number of thiocarbonyl (C=S) groups is 1. The molecule has 3 aromatic rings. The maximum Gasteiger partial charge on any atom is 0.266 e. The molecule has 1 saturated heterocycles.